The first-order valence-corrected chi connectivity index (χ1v) is 9.22. The Morgan fingerprint density at radius 2 is 1.79 bits per heavy atom. The Balaban J connectivity index is 1.75. The van der Waals surface area contributed by atoms with E-state index in [2.05, 4.69) is 20.6 Å². The highest BCUT2D eigenvalue weighted by Gasteiger charge is 2.08. The number of amides is 1. The topological polar surface area (TPSA) is 70.2 Å². The molecular weight excluding hydrogens is 350 g/mol. The normalized spacial score (nSPS) is 10.7. The SMILES string of the molecule is Cc1nc(Nc2cccc(C(=O)NCCN(C)C)c2)cc(-c2ccccc2)n1. The van der Waals surface area contributed by atoms with Crippen molar-refractivity contribution in [3.05, 3.63) is 72.1 Å². The number of benzene rings is 2. The van der Waals surface area contributed by atoms with Crippen molar-refractivity contribution >= 4 is 17.4 Å². The van der Waals surface area contributed by atoms with Gasteiger partial charge < -0.3 is 15.5 Å². The number of aromatic nitrogens is 2. The number of anilines is 2. The molecule has 3 aromatic rings. The maximum absolute atomic E-state index is 12.3. The molecule has 28 heavy (non-hydrogen) atoms. The molecular formula is C22H25N5O. The summed E-state index contributed by atoms with van der Waals surface area (Å²) in [5.41, 5.74) is 3.30. The first kappa shape index (κ1) is 19.5. The fraction of sp³-hybridized carbons (Fsp3) is 0.227. The van der Waals surface area contributed by atoms with Crippen LogP contribution in [0.4, 0.5) is 11.5 Å². The van der Waals surface area contributed by atoms with Crippen LogP contribution in [-0.4, -0.2) is 48.0 Å². The second-order valence-electron chi connectivity index (χ2n) is 6.82. The minimum Gasteiger partial charge on any atom is -0.351 e. The molecule has 0 aliphatic heterocycles. The van der Waals surface area contributed by atoms with Gasteiger partial charge in [-0.3, -0.25) is 4.79 Å². The molecule has 2 N–H and O–H groups in total. The lowest BCUT2D eigenvalue weighted by atomic mass is 10.1. The third-order valence-electron chi connectivity index (χ3n) is 4.15. The molecule has 2 aromatic carbocycles. The maximum Gasteiger partial charge on any atom is 0.251 e. The van der Waals surface area contributed by atoms with E-state index in [-0.39, 0.29) is 5.91 Å². The molecule has 6 nitrogen and oxygen atoms in total. The lowest BCUT2D eigenvalue weighted by Crippen LogP contribution is -2.31. The average molecular weight is 375 g/mol. The van der Waals surface area contributed by atoms with E-state index in [0.29, 0.717) is 23.8 Å². The van der Waals surface area contributed by atoms with Gasteiger partial charge in [0, 0.05) is 36.0 Å². The summed E-state index contributed by atoms with van der Waals surface area (Å²) in [4.78, 5) is 23.4. The predicted molar refractivity (Wildman–Crippen MR) is 113 cm³/mol. The molecule has 1 amide bonds. The molecule has 0 spiro atoms. The van der Waals surface area contributed by atoms with Gasteiger partial charge in [0.05, 0.1) is 5.69 Å². The molecule has 0 radical (unpaired) electrons. The Bertz CT molecular complexity index is 941. The number of aryl methyl sites for hydroxylation is 1. The summed E-state index contributed by atoms with van der Waals surface area (Å²) in [6.45, 7) is 3.27. The molecule has 0 aliphatic carbocycles. The molecule has 6 heteroatoms. The Kier molecular flexibility index (Phi) is 6.34. The second kappa shape index (κ2) is 9.10. The minimum atomic E-state index is -0.0886. The summed E-state index contributed by atoms with van der Waals surface area (Å²) in [7, 11) is 3.95. The highest BCUT2D eigenvalue weighted by molar-refractivity contribution is 5.95. The van der Waals surface area contributed by atoms with Crippen LogP contribution in [0.3, 0.4) is 0 Å². The van der Waals surface area contributed by atoms with Gasteiger partial charge in [-0.25, -0.2) is 9.97 Å². The van der Waals surface area contributed by atoms with E-state index >= 15 is 0 Å². The number of hydrogen-bond donors (Lipinski definition) is 2. The number of carbonyl (C=O) groups is 1. The molecule has 1 aromatic heterocycles. The maximum atomic E-state index is 12.3. The standard InChI is InChI=1S/C22H25N5O/c1-16-24-20(17-8-5-4-6-9-17)15-21(25-16)26-19-11-7-10-18(14-19)22(28)23-12-13-27(2)3/h4-11,14-15H,12-13H2,1-3H3,(H,23,28)(H,24,25,26). The fourth-order valence-electron chi connectivity index (χ4n) is 2.77. The van der Waals surface area contributed by atoms with E-state index in [4.69, 9.17) is 0 Å². The number of likely N-dealkylation sites (N-methyl/N-ethyl adjacent to an activating group) is 1. The van der Waals surface area contributed by atoms with E-state index in [1.165, 1.54) is 0 Å². The van der Waals surface area contributed by atoms with Gasteiger partial charge in [0.15, 0.2) is 0 Å². The van der Waals surface area contributed by atoms with Crippen molar-refractivity contribution in [1.82, 2.24) is 20.2 Å². The third-order valence-corrected chi connectivity index (χ3v) is 4.15. The quantitative estimate of drug-likeness (QED) is 0.662. The first-order chi connectivity index (χ1) is 13.5. The van der Waals surface area contributed by atoms with Gasteiger partial charge in [-0.15, -0.1) is 0 Å². The molecule has 0 aliphatic rings. The van der Waals surface area contributed by atoms with Crippen molar-refractivity contribution in [1.29, 1.82) is 0 Å². The van der Waals surface area contributed by atoms with Gasteiger partial charge in [0.2, 0.25) is 0 Å². The number of carbonyl (C=O) groups excluding carboxylic acids is 1. The van der Waals surface area contributed by atoms with Gasteiger partial charge in [0.25, 0.3) is 5.91 Å². The number of nitrogens with zero attached hydrogens (tertiary/aromatic N) is 3. The van der Waals surface area contributed by atoms with Gasteiger partial charge in [-0.1, -0.05) is 36.4 Å². The van der Waals surface area contributed by atoms with Crippen LogP contribution in [0.25, 0.3) is 11.3 Å². The zero-order valence-corrected chi connectivity index (χ0v) is 16.4. The van der Waals surface area contributed by atoms with Crippen molar-refractivity contribution < 1.29 is 4.79 Å². The first-order valence-electron chi connectivity index (χ1n) is 9.22. The van der Waals surface area contributed by atoms with Crippen molar-refractivity contribution in [3.8, 4) is 11.3 Å². The average Bonchev–Trinajstić information content (AvgIpc) is 2.68. The highest BCUT2D eigenvalue weighted by atomic mass is 16.1. The number of nitrogens with one attached hydrogen (secondary N) is 2. The van der Waals surface area contributed by atoms with Crippen LogP contribution in [0.2, 0.25) is 0 Å². The van der Waals surface area contributed by atoms with E-state index in [1.807, 2.05) is 80.5 Å². The predicted octanol–water partition coefficient (Wildman–Crippen LogP) is 3.49. The van der Waals surface area contributed by atoms with Crippen LogP contribution in [0.5, 0.6) is 0 Å². The van der Waals surface area contributed by atoms with Crippen molar-refractivity contribution in [2.75, 3.05) is 32.5 Å². The van der Waals surface area contributed by atoms with Gasteiger partial charge >= 0.3 is 0 Å². The summed E-state index contributed by atoms with van der Waals surface area (Å²) in [6.07, 6.45) is 0. The fourth-order valence-corrected chi connectivity index (χ4v) is 2.77. The Hall–Kier alpha value is -3.25. The molecule has 0 unspecified atom stereocenters. The molecule has 144 valence electrons. The van der Waals surface area contributed by atoms with E-state index in [1.54, 1.807) is 6.07 Å². The smallest absolute Gasteiger partial charge is 0.251 e. The Morgan fingerprint density at radius 3 is 2.54 bits per heavy atom. The molecule has 0 saturated carbocycles. The minimum absolute atomic E-state index is 0.0886. The molecule has 1 heterocycles. The second-order valence-corrected chi connectivity index (χ2v) is 6.82. The van der Waals surface area contributed by atoms with Crippen molar-refractivity contribution in [2.24, 2.45) is 0 Å². The summed E-state index contributed by atoms with van der Waals surface area (Å²) in [5, 5.41) is 6.21. The monoisotopic (exact) mass is 375 g/mol. The lowest BCUT2D eigenvalue weighted by Gasteiger charge is -2.12. The molecule has 0 saturated heterocycles. The van der Waals surface area contributed by atoms with Crippen LogP contribution in [0.15, 0.2) is 60.7 Å². The van der Waals surface area contributed by atoms with Gasteiger partial charge in [-0.05, 0) is 39.2 Å². The molecule has 0 atom stereocenters. The van der Waals surface area contributed by atoms with Crippen LogP contribution >= 0.6 is 0 Å². The number of rotatable bonds is 7. The van der Waals surface area contributed by atoms with Gasteiger partial charge in [-0.2, -0.15) is 0 Å². The zero-order chi connectivity index (χ0) is 19.9. The summed E-state index contributed by atoms with van der Waals surface area (Å²) < 4.78 is 0. The summed E-state index contributed by atoms with van der Waals surface area (Å²) >= 11 is 0. The zero-order valence-electron chi connectivity index (χ0n) is 16.4. The van der Waals surface area contributed by atoms with Crippen LogP contribution in [0.1, 0.15) is 16.2 Å². The molecule has 0 fully saturated rings. The van der Waals surface area contributed by atoms with Gasteiger partial charge in [0.1, 0.15) is 11.6 Å². The van der Waals surface area contributed by atoms with Crippen LogP contribution < -0.4 is 10.6 Å². The van der Waals surface area contributed by atoms with Crippen LogP contribution in [0, 0.1) is 6.92 Å². The highest BCUT2D eigenvalue weighted by Crippen LogP contribution is 2.22. The summed E-state index contributed by atoms with van der Waals surface area (Å²) in [6, 6.07) is 19.3. The Labute approximate surface area is 165 Å². The van der Waals surface area contributed by atoms with E-state index < -0.39 is 0 Å². The third kappa shape index (κ3) is 5.37. The van der Waals surface area contributed by atoms with Crippen molar-refractivity contribution in [3.63, 3.8) is 0 Å². The van der Waals surface area contributed by atoms with Crippen molar-refractivity contribution in [2.45, 2.75) is 6.92 Å². The Morgan fingerprint density at radius 1 is 1.00 bits per heavy atom. The largest absolute Gasteiger partial charge is 0.351 e. The van der Waals surface area contributed by atoms with Crippen LogP contribution in [-0.2, 0) is 0 Å². The summed E-state index contributed by atoms with van der Waals surface area (Å²) in [5.74, 6) is 1.28. The molecule has 0 bridgehead atoms. The lowest BCUT2D eigenvalue weighted by molar-refractivity contribution is 0.0951. The molecule has 3 rings (SSSR count). The number of hydrogen-bond acceptors (Lipinski definition) is 5. The van der Waals surface area contributed by atoms with E-state index in [0.717, 1.165) is 23.5 Å². The van der Waals surface area contributed by atoms with E-state index in [9.17, 15) is 4.79 Å².